The second-order valence-electron chi connectivity index (χ2n) is 7.22. The van der Waals surface area contributed by atoms with E-state index in [1.165, 1.54) is 9.08 Å². The summed E-state index contributed by atoms with van der Waals surface area (Å²) in [7, 11) is 1.59. The van der Waals surface area contributed by atoms with Gasteiger partial charge in [-0.1, -0.05) is 35.9 Å². The molecular weight excluding hydrogens is 428 g/mol. The van der Waals surface area contributed by atoms with Crippen LogP contribution in [0.1, 0.15) is 10.4 Å². The van der Waals surface area contributed by atoms with E-state index < -0.39 is 5.69 Å². The summed E-state index contributed by atoms with van der Waals surface area (Å²) in [5, 5.41) is 5.62. The SMILES string of the molecule is COc1ccc(-c2nc3c4ccccc4n(CC(=O)c4cccc(Cl)c4)c(=O)n3n2)cc1. The first-order valence-corrected chi connectivity index (χ1v) is 10.2. The van der Waals surface area contributed by atoms with Crippen LogP contribution >= 0.6 is 11.6 Å². The largest absolute Gasteiger partial charge is 0.497 e. The van der Waals surface area contributed by atoms with Crippen LogP contribution in [0.15, 0.2) is 77.6 Å². The van der Waals surface area contributed by atoms with Gasteiger partial charge in [0.05, 0.1) is 19.2 Å². The number of ketones is 1. The van der Waals surface area contributed by atoms with Crippen molar-refractivity contribution < 1.29 is 9.53 Å². The number of fused-ring (bicyclic) bond motifs is 3. The lowest BCUT2D eigenvalue weighted by Gasteiger charge is -2.10. The summed E-state index contributed by atoms with van der Waals surface area (Å²) >= 11 is 6.03. The molecule has 0 radical (unpaired) electrons. The van der Waals surface area contributed by atoms with Gasteiger partial charge >= 0.3 is 5.69 Å². The van der Waals surface area contributed by atoms with Crippen LogP contribution in [-0.4, -0.2) is 32.1 Å². The van der Waals surface area contributed by atoms with E-state index in [1.807, 2.05) is 30.3 Å². The van der Waals surface area contributed by atoms with Crippen LogP contribution in [0.2, 0.25) is 5.02 Å². The van der Waals surface area contributed by atoms with Gasteiger partial charge in [-0.15, -0.1) is 5.10 Å². The van der Waals surface area contributed by atoms with Crippen molar-refractivity contribution in [2.45, 2.75) is 6.54 Å². The van der Waals surface area contributed by atoms with Gasteiger partial charge in [0.2, 0.25) is 0 Å². The van der Waals surface area contributed by atoms with Crippen LogP contribution < -0.4 is 10.4 Å². The van der Waals surface area contributed by atoms with Crippen molar-refractivity contribution in [3.63, 3.8) is 0 Å². The average Bonchev–Trinajstić information content (AvgIpc) is 3.28. The maximum atomic E-state index is 13.3. The Morgan fingerprint density at radius 3 is 2.56 bits per heavy atom. The number of para-hydroxylation sites is 1. The Bertz CT molecular complexity index is 1540. The average molecular weight is 445 g/mol. The van der Waals surface area contributed by atoms with Crippen LogP contribution in [0.4, 0.5) is 0 Å². The Labute approximate surface area is 187 Å². The lowest BCUT2D eigenvalue weighted by atomic mass is 10.1. The van der Waals surface area contributed by atoms with Gasteiger partial charge in [-0.05, 0) is 48.5 Å². The number of benzene rings is 3. The third-order valence-electron chi connectivity index (χ3n) is 5.25. The molecule has 3 aromatic carbocycles. The summed E-state index contributed by atoms with van der Waals surface area (Å²) in [4.78, 5) is 30.9. The van der Waals surface area contributed by atoms with Crippen molar-refractivity contribution in [2.24, 2.45) is 0 Å². The first-order valence-electron chi connectivity index (χ1n) is 9.86. The minimum atomic E-state index is -0.443. The Morgan fingerprint density at radius 1 is 1.03 bits per heavy atom. The second-order valence-corrected chi connectivity index (χ2v) is 7.66. The monoisotopic (exact) mass is 444 g/mol. The first kappa shape index (κ1) is 20.0. The molecule has 8 heteroatoms. The lowest BCUT2D eigenvalue weighted by molar-refractivity contribution is 0.0971. The van der Waals surface area contributed by atoms with E-state index in [2.05, 4.69) is 10.1 Å². The molecule has 158 valence electrons. The molecule has 32 heavy (non-hydrogen) atoms. The number of nitrogens with zero attached hydrogens (tertiary/aromatic N) is 4. The molecule has 0 aliphatic rings. The summed E-state index contributed by atoms with van der Waals surface area (Å²) < 4.78 is 7.86. The fourth-order valence-electron chi connectivity index (χ4n) is 3.65. The van der Waals surface area contributed by atoms with Crippen molar-refractivity contribution in [2.75, 3.05) is 7.11 Å². The van der Waals surface area contributed by atoms with Gasteiger partial charge in [-0.2, -0.15) is 4.52 Å². The zero-order chi connectivity index (χ0) is 22.2. The fourth-order valence-corrected chi connectivity index (χ4v) is 3.84. The predicted molar refractivity (Wildman–Crippen MR) is 123 cm³/mol. The number of halogens is 1. The zero-order valence-electron chi connectivity index (χ0n) is 17.0. The molecule has 0 atom stereocenters. The number of carbonyl (C=O) groups excluding carboxylic acids is 1. The molecule has 5 rings (SSSR count). The molecule has 0 fully saturated rings. The highest BCUT2D eigenvalue weighted by atomic mass is 35.5. The Morgan fingerprint density at radius 2 is 1.81 bits per heavy atom. The van der Waals surface area contributed by atoms with Gasteiger partial charge in [0.1, 0.15) is 5.75 Å². The van der Waals surface area contributed by atoms with E-state index >= 15 is 0 Å². The summed E-state index contributed by atoms with van der Waals surface area (Å²) in [6, 6.07) is 21.3. The minimum absolute atomic E-state index is 0.145. The molecule has 0 bridgehead atoms. The summed E-state index contributed by atoms with van der Waals surface area (Å²) in [5.74, 6) is 0.897. The van der Waals surface area contributed by atoms with Crippen molar-refractivity contribution in [1.29, 1.82) is 0 Å². The molecule has 0 aliphatic heterocycles. The molecule has 2 heterocycles. The van der Waals surface area contributed by atoms with Gasteiger partial charge in [0.15, 0.2) is 17.3 Å². The normalized spacial score (nSPS) is 11.2. The van der Waals surface area contributed by atoms with Crippen LogP contribution in [0.3, 0.4) is 0 Å². The maximum Gasteiger partial charge on any atom is 0.351 e. The van der Waals surface area contributed by atoms with Crippen LogP contribution in [0.25, 0.3) is 27.9 Å². The Kier molecular flexibility index (Phi) is 4.95. The van der Waals surface area contributed by atoms with Crippen LogP contribution in [-0.2, 0) is 6.54 Å². The number of carbonyl (C=O) groups is 1. The van der Waals surface area contributed by atoms with E-state index in [0.717, 1.165) is 10.9 Å². The molecule has 0 aliphatic carbocycles. The minimum Gasteiger partial charge on any atom is -0.497 e. The highest BCUT2D eigenvalue weighted by Crippen LogP contribution is 2.23. The highest BCUT2D eigenvalue weighted by molar-refractivity contribution is 6.31. The Balaban J connectivity index is 1.67. The van der Waals surface area contributed by atoms with Crippen LogP contribution in [0.5, 0.6) is 5.75 Å². The second kappa shape index (κ2) is 7.94. The Hall–Kier alpha value is -3.97. The number of ether oxygens (including phenoxy) is 1. The third-order valence-corrected chi connectivity index (χ3v) is 5.49. The predicted octanol–water partition coefficient (Wildman–Crippen LogP) is 4.26. The number of Topliss-reactive ketones (excluding diaryl/α,β-unsaturated/α-hetero) is 1. The van der Waals surface area contributed by atoms with Crippen molar-refractivity contribution >= 4 is 33.9 Å². The number of hydrogen-bond acceptors (Lipinski definition) is 5. The molecule has 0 spiro atoms. The molecule has 0 unspecified atom stereocenters. The number of methoxy groups -OCH3 is 1. The van der Waals surface area contributed by atoms with Crippen molar-refractivity contribution in [3.8, 4) is 17.1 Å². The first-order chi connectivity index (χ1) is 15.5. The quantitative estimate of drug-likeness (QED) is 0.378. The van der Waals surface area contributed by atoms with Gasteiger partial charge in [0, 0.05) is 21.5 Å². The smallest absolute Gasteiger partial charge is 0.351 e. The lowest BCUT2D eigenvalue weighted by Crippen LogP contribution is -2.30. The molecule has 2 aromatic heterocycles. The molecule has 0 N–H and O–H groups in total. The number of aromatic nitrogens is 4. The summed E-state index contributed by atoms with van der Waals surface area (Å²) in [6.45, 7) is -0.145. The maximum absolute atomic E-state index is 13.3. The number of rotatable bonds is 5. The molecule has 7 nitrogen and oxygen atoms in total. The van der Waals surface area contributed by atoms with Crippen molar-refractivity contribution in [1.82, 2.24) is 19.2 Å². The van der Waals surface area contributed by atoms with Crippen molar-refractivity contribution in [3.05, 3.63) is 93.9 Å². The molecule has 0 saturated carbocycles. The van der Waals surface area contributed by atoms with E-state index in [0.29, 0.717) is 33.3 Å². The van der Waals surface area contributed by atoms with Gasteiger partial charge in [0.25, 0.3) is 0 Å². The van der Waals surface area contributed by atoms with Gasteiger partial charge in [-0.25, -0.2) is 9.78 Å². The molecule has 0 amide bonds. The van der Waals surface area contributed by atoms with E-state index in [9.17, 15) is 9.59 Å². The standard InChI is InChI=1S/C24H17ClN4O3/c1-32-18-11-9-15(10-12-18)22-26-23-19-7-2-3-8-20(19)28(24(31)29(23)27-22)14-21(30)16-5-4-6-17(25)13-16/h2-13H,14H2,1H3. The highest BCUT2D eigenvalue weighted by Gasteiger charge is 2.18. The molecular formula is C24H17ClN4O3. The summed E-state index contributed by atoms with van der Waals surface area (Å²) in [5.41, 5.74) is 1.78. The summed E-state index contributed by atoms with van der Waals surface area (Å²) in [6.07, 6.45) is 0. The molecule has 5 aromatic rings. The fraction of sp³-hybridized carbons (Fsp3) is 0.0833. The zero-order valence-corrected chi connectivity index (χ0v) is 17.8. The number of hydrogen-bond donors (Lipinski definition) is 0. The topological polar surface area (TPSA) is 78.5 Å². The van der Waals surface area contributed by atoms with E-state index in [-0.39, 0.29) is 12.3 Å². The van der Waals surface area contributed by atoms with Crippen LogP contribution in [0, 0.1) is 0 Å². The third kappa shape index (κ3) is 3.42. The van der Waals surface area contributed by atoms with E-state index in [1.54, 1.807) is 49.6 Å². The van der Waals surface area contributed by atoms with E-state index in [4.69, 9.17) is 16.3 Å². The van der Waals surface area contributed by atoms with Gasteiger partial charge in [-0.3, -0.25) is 9.36 Å². The molecule has 0 saturated heterocycles. The van der Waals surface area contributed by atoms with Gasteiger partial charge < -0.3 is 4.74 Å².